The average molecular weight is 451 g/mol. The summed E-state index contributed by atoms with van der Waals surface area (Å²) < 4.78 is 10.6. The zero-order valence-corrected chi connectivity index (χ0v) is 19.1. The largest absolute Gasteiger partial charge is 0.443 e. The number of likely N-dealkylation sites (tertiary alicyclic amines) is 1. The van der Waals surface area contributed by atoms with Crippen molar-refractivity contribution >= 4 is 35.2 Å². The van der Waals surface area contributed by atoms with Crippen LogP contribution >= 0.6 is 23.1 Å². The number of aromatic nitrogens is 1. The van der Waals surface area contributed by atoms with Crippen LogP contribution in [-0.2, 0) is 0 Å². The molecule has 0 N–H and O–H groups in total. The van der Waals surface area contributed by atoms with Gasteiger partial charge in [-0.05, 0) is 68.5 Å². The van der Waals surface area contributed by atoms with Gasteiger partial charge < -0.3 is 9.64 Å². The number of halogens is 1. The Morgan fingerprint density at radius 1 is 1.13 bits per heavy atom. The summed E-state index contributed by atoms with van der Waals surface area (Å²) in [7, 11) is 0. The summed E-state index contributed by atoms with van der Waals surface area (Å²) in [5.74, 6) is 0.706. The van der Waals surface area contributed by atoms with Gasteiger partial charge in [-0.25, -0.2) is 4.99 Å². The third-order valence-corrected chi connectivity index (χ3v) is 6.32. The lowest BCUT2D eigenvalue weighted by molar-refractivity contribution is 0.351. The van der Waals surface area contributed by atoms with Gasteiger partial charge in [0.05, 0.1) is 12.0 Å². The monoisotopic (exact) mass is 450 g/mol. The van der Waals surface area contributed by atoms with E-state index in [1.165, 1.54) is 30.8 Å². The van der Waals surface area contributed by atoms with Gasteiger partial charge in [-0.1, -0.05) is 23.7 Å². The van der Waals surface area contributed by atoms with Crippen molar-refractivity contribution in [3.63, 3.8) is 0 Å². The molecule has 2 aromatic carbocycles. The molecule has 1 aromatic heterocycles. The Labute approximate surface area is 191 Å². The first-order valence-corrected chi connectivity index (χ1v) is 11.4. The number of aryl methyl sites for hydroxylation is 2. The second-order valence-corrected chi connectivity index (χ2v) is 8.83. The van der Waals surface area contributed by atoms with Gasteiger partial charge in [0.15, 0.2) is 0 Å². The Bertz CT molecular complexity index is 1140. The first-order valence-electron chi connectivity index (χ1n) is 10.3. The first kappa shape index (κ1) is 21.4. The number of nitriles is 1. The summed E-state index contributed by atoms with van der Waals surface area (Å²) in [5, 5.41) is 10.9. The minimum Gasteiger partial charge on any atom is -0.443 e. The van der Waals surface area contributed by atoms with Gasteiger partial charge in [-0.15, -0.1) is 0 Å². The Morgan fingerprint density at radius 2 is 1.87 bits per heavy atom. The van der Waals surface area contributed by atoms with E-state index in [1.807, 2.05) is 44.5 Å². The molecule has 0 unspecified atom stereocenters. The number of benzene rings is 2. The molecule has 0 atom stereocenters. The van der Waals surface area contributed by atoms with E-state index in [0.717, 1.165) is 35.5 Å². The average Bonchev–Trinajstić information content (AvgIpc) is 3.19. The number of hydrogen-bond donors (Lipinski definition) is 0. The van der Waals surface area contributed by atoms with Crippen molar-refractivity contribution in [2.24, 2.45) is 4.99 Å². The molecule has 1 fully saturated rings. The second-order valence-electron chi connectivity index (χ2n) is 7.66. The Kier molecular flexibility index (Phi) is 6.55. The fourth-order valence-corrected chi connectivity index (χ4v) is 4.41. The number of piperidine rings is 1. The summed E-state index contributed by atoms with van der Waals surface area (Å²) >= 11 is 7.16. The van der Waals surface area contributed by atoms with Crippen LogP contribution in [0.3, 0.4) is 0 Å². The fraction of sp³-hybridized carbons (Fsp3) is 0.292. The van der Waals surface area contributed by atoms with Crippen LogP contribution in [0.2, 0.25) is 5.02 Å². The molecule has 4 rings (SSSR count). The van der Waals surface area contributed by atoms with E-state index in [0.29, 0.717) is 27.1 Å². The predicted molar refractivity (Wildman–Crippen MR) is 127 cm³/mol. The van der Waals surface area contributed by atoms with Crippen molar-refractivity contribution in [2.75, 3.05) is 13.1 Å². The lowest BCUT2D eigenvalue weighted by atomic mass is 10.1. The van der Waals surface area contributed by atoms with E-state index in [9.17, 15) is 5.26 Å². The molecular formula is C24H23ClN4OS. The minimum absolute atomic E-state index is 0.427. The highest BCUT2D eigenvalue weighted by Gasteiger charge is 2.18. The maximum absolute atomic E-state index is 9.73. The number of hydrogen-bond acceptors (Lipinski definition) is 5. The molecule has 0 aliphatic carbocycles. The number of rotatable bonds is 5. The third kappa shape index (κ3) is 4.90. The minimum atomic E-state index is 0.427. The van der Waals surface area contributed by atoms with Crippen molar-refractivity contribution < 1.29 is 4.74 Å². The molecule has 158 valence electrons. The highest BCUT2D eigenvalue weighted by atomic mass is 35.5. The van der Waals surface area contributed by atoms with E-state index in [2.05, 4.69) is 15.3 Å². The maximum atomic E-state index is 9.73. The summed E-state index contributed by atoms with van der Waals surface area (Å²) in [6.45, 7) is 6.15. The van der Waals surface area contributed by atoms with Crippen molar-refractivity contribution in [2.45, 2.75) is 33.1 Å². The highest BCUT2D eigenvalue weighted by Crippen LogP contribution is 2.39. The molecule has 7 heteroatoms. The molecule has 1 aliphatic heterocycles. The van der Waals surface area contributed by atoms with E-state index in [-0.39, 0.29) is 0 Å². The molecule has 1 aliphatic rings. The van der Waals surface area contributed by atoms with Gasteiger partial charge in [-0.3, -0.25) is 0 Å². The SMILES string of the molecule is Cc1cc(Oc2snc(-c3ccc(Cl)cc3)c2C#N)c(C)cc1N=CN1CCCCC1. The molecule has 3 aromatic rings. The first-order chi connectivity index (χ1) is 15.0. The molecule has 0 spiro atoms. The van der Waals surface area contributed by atoms with Crippen LogP contribution in [0.1, 0.15) is 36.0 Å². The summed E-state index contributed by atoms with van der Waals surface area (Å²) in [5.41, 5.74) is 4.79. The normalized spacial score (nSPS) is 14.1. The number of aliphatic imine (C=N–C) groups is 1. The second kappa shape index (κ2) is 9.51. The maximum Gasteiger partial charge on any atom is 0.218 e. The van der Waals surface area contributed by atoms with Gasteiger partial charge in [0.25, 0.3) is 0 Å². The molecule has 31 heavy (non-hydrogen) atoms. The lowest BCUT2D eigenvalue weighted by Gasteiger charge is -2.23. The number of nitrogens with zero attached hydrogens (tertiary/aromatic N) is 4. The van der Waals surface area contributed by atoms with E-state index >= 15 is 0 Å². The van der Waals surface area contributed by atoms with Crippen LogP contribution < -0.4 is 4.74 Å². The molecule has 5 nitrogen and oxygen atoms in total. The molecule has 1 saturated heterocycles. The van der Waals surface area contributed by atoms with Gasteiger partial charge in [0, 0.05) is 35.2 Å². The van der Waals surface area contributed by atoms with Crippen molar-refractivity contribution in [3.8, 4) is 28.1 Å². The fourth-order valence-electron chi connectivity index (χ4n) is 3.55. The van der Waals surface area contributed by atoms with Crippen LogP contribution in [0, 0.1) is 25.2 Å². The quantitative estimate of drug-likeness (QED) is 0.313. The van der Waals surface area contributed by atoms with Crippen LogP contribution in [-0.4, -0.2) is 28.7 Å². The summed E-state index contributed by atoms with van der Waals surface area (Å²) in [6.07, 6.45) is 5.71. The van der Waals surface area contributed by atoms with Gasteiger partial charge >= 0.3 is 0 Å². The molecule has 0 bridgehead atoms. The van der Waals surface area contributed by atoms with Crippen LogP contribution in [0.25, 0.3) is 11.3 Å². The third-order valence-electron chi connectivity index (χ3n) is 5.34. The molecule has 0 amide bonds. The van der Waals surface area contributed by atoms with E-state index < -0.39 is 0 Å². The highest BCUT2D eigenvalue weighted by molar-refractivity contribution is 7.08. The van der Waals surface area contributed by atoms with Crippen LogP contribution in [0.4, 0.5) is 5.69 Å². The Balaban J connectivity index is 1.57. The van der Waals surface area contributed by atoms with E-state index in [4.69, 9.17) is 21.3 Å². The standard InChI is InChI=1S/C24H23ClN4OS/c1-16-13-22(17(2)12-21(16)27-15-29-10-4-3-5-11-29)30-24-20(14-26)23(28-31-24)18-6-8-19(25)9-7-18/h6-9,12-13,15H,3-5,10-11H2,1-2H3. The lowest BCUT2D eigenvalue weighted by Crippen LogP contribution is -2.28. The van der Waals surface area contributed by atoms with Crippen molar-refractivity contribution in [1.29, 1.82) is 5.26 Å². The van der Waals surface area contributed by atoms with Gasteiger partial charge in [0.2, 0.25) is 5.06 Å². The number of ether oxygens (including phenoxy) is 1. The summed E-state index contributed by atoms with van der Waals surface area (Å²) in [4.78, 5) is 6.97. The molecule has 0 radical (unpaired) electrons. The Hall–Kier alpha value is -2.88. The predicted octanol–water partition coefficient (Wildman–Crippen LogP) is 6.89. The van der Waals surface area contributed by atoms with Gasteiger partial charge in [0.1, 0.15) is 23.1 Å². The Morgan fingerprint density at radius 3 is 2.58 bits per heavy atom. The van der Waals surface area contributed by atoms with Crippen molar-refractivity contribution in [3.05, 3.63) is 58.1 Å². The smallest absolute Gasteiger partial charge is 0.218 e. The molecular weight excluding hydrogens is 428 g/mol. The molecule has 0 saturated carbocycles. The zero-order chi connectivity index (χ0) is 21.8. The molecule has 2 heterocycles. The van der Waals surface area contributed by atoms with E-state index in [1.54, 1.807) is 12.1 Å². The van der Waals surface area contributed by atoms with Crippen LogP contribution in [0.15, 0.2) is 41.4 Å². The van der Waals surface area contributed by atoms with Crippen LogP contribution in [0.5, 0.6) is 10.8 Å². The topological polar surface area (TPSA) is 61.5 Å². The van der Waals surface area contributed by atoms with Gasteiger partial charge in [-0.2, -0.15) is 9.64 Å². The van der Waals surface area contributed by atoms with Crippen molar-refractivity contribution in [1.82, 2.24) is 9.27 Å². The zero-order valence-electron chi connectivity index (χ0n) is 17.6. The summed E-state index contributed by atoms with van der Waals surface area (Å²) in [6, 6.07) is 13.5.